The molecule has 0 bridgehead atoms. The number of nitro benzene ring substituents is 2. The SMILES string of the molecule is C=C(C(=O)OC(CCCC)COC(=O)c1cc([N+](=O)[O-])cc([N+](=O)[O-])c1)c1ccc(O)cc1. The fraction of sp³-hybridized carbons (Fsp3) is 0.273. The van der Waals surface area contributed by atoms with E-state index in [2.05, 4.69) is 6.58 Å². The standard InChI is InChI=1S/C22H22N2O9/c1-3-4-5-20(33-21(26)14(2)15-6-8-19(25)9-7-15)13-32-22(27)16-10-17(23(28)29)12-18(11-16)24(30)31/h6-12,20,25H,2-5,13H2,1H3. The number of rotatable bonds is 11. The summed E-state index contributed by atoms with van der Waals surface area (Å²) in [6, 6.07) is 8.25. The first-order valence-corrected chi connectivity index (χ1v) is 9.92. The lowest BCUT2D eigenvalue weighted by Crippen LogP contribution is -2.26. The van der Waals surface area contributed by atoms with Gasteiger partial charge in [0.1, 0.15) is 18.5 Å². The van der Waals surface area contributed by atoms with Crippen molar-refractivity contribution in [2.75, 3.05) is 6.61 Å². The Labute approximate surface area is 188 Å². The summed E-state index contributed by atoms with van der Waals surface area (Å²) in [7, 11) is 0. The quantitative estimate of drug-likeness (QED) is 0.225. The predicted octanol–water partition coefficient (Wildman–Crippen LogP) is 4.18. The van der Waals surface area contributed by atoms with E-state index in [4.69, 9.17) is 9.47 Å². The molecule has 0 amide bonds. The van der Waals surface area contributed by atoms with Gasteiger partial charge in [0.2, 0.25) is 0 Å². The molecule has 11 heteroatoms. The molecule has 0 aliphatic carbocycles. The van der Waals surface area contributed by atoms with Crippen LogP contribution in [0.2, 0.25) is 0 Å². The Bertz CT molecular complexity index is 1030. The van der Waals surface area contributed by atoms with Crippen LogP contribution in [0.15, 0.2) is 49.0 Å². The minimum Gasteiger partial charge on any atom is -0.508 e. The Hall–Kier alpha value is -4.28. The van der Waals surface area contributed by atoms with Crippen LogP contribution in [0.5, 0.6) is 5.75 Å². The van der Waals surface area contributed by atoms with Gasteiger partial charge in [0.15, 0.2) is 0 Å². The topological polar surface area (TPSA) is 159 Å². The minimum atomic E-state index is -1.03. The summed E-state index contributed by atoms with van der Waals surface area (Å²) < 4.78 is 10.5. The number of ether oxygens (including phenoxy) is 2. The van der Waals surface area contributed by atoms with Crippen LogP contribution in [0.25, 0.3) is 5.57 Å². The zero-order chi connectivity index (χ0) is 24.5. The average molecular weight is 458 g/mol. The summed E-state index contributed by atoms with van der Waals surface area (Å²) in [5.41, 5.74) is -1.15. The van der Waals surface area contributed by atoms with Crippen LogP contribution in [-0.2, 0) is 14.3 Å². The van der Waals surface area contributed by atoms with Gasteiger partial charge >= 0.3 is 11.9 Å². The summed E-state index contributed by atoms with van der Waals surface area (Å²) in [6.45, 7) is 5.25. The largest absolute Gasteiger partial charge is 0.508 e. The molecule has 0 fully saturated rings. The average Bonchev–Trinajstić information content (AvgIpc) is 2.80. The molecule has 2 rings (SSSR count). The lowest BCUT2D eigenvalue weighted by atomic mass is 10.1. The van der Waals surface area contributed by atoms with Crippen LogP contribution in [0.4, 0.5) is 11.4 Å². The maximum atomic E-state index is 12.5. The summed E-state index contributed by atoms with van der Waals surface area (Å²) in [4.78, 5) is 45.2. The van der Waals surface area contributed by atoms with Crippen molar-refractivity contribution in [3.05, 3.63) is 80.4 Å². The van der Waals surface area contributed by atoms with Crippen molar-refractivity contribution in [3.8, 4) is 5.75 Å². The van der Waals surface area contributed by atoms with E-state index in [0.29, 0.717) is 18.4 Å². The number of hydrogen-bond donors (Lipinski definition) is 1. The van der Waals surface area contributed by atoms with Gasteiger partial charge < -0.3 is 14.6 Å². The molecule has 33 heavy (non-hydrogen) atoms. The van der Waals surface area contributed by atoms with E-state index in [0.717, 1.165) is 24.6 Å². The molecular weight excluding hydrogens is 436 g/mol. The first-order valence-electron chi connectivity index (χ1n) is 9.92. The minimum absolute atomic E-state index is 0.0223. The summed E-state index contributed by atoms with van der Waals surface area (Å²) >= 11 is 0. The van der Waals surface area contributed by atoms with Crippen LogP contribution in [0.3, 0.4) is 0 Å². The highest BCUT2D eigenvalue weighted by Gasteiger charge is 2.23. The summed E-state index contributed by atoms with van der Waals surface area (Å²) in [6.07, 6.45) is 0.971. The van der Waals surface area contributed by atoms with Crippen molar-refractivity contribution in [2.24, 2.45) is 0 Å². The van der Waals surface area contributed by atoms with Crippen molar-refractivity contribution >= 4 is 28.9 Å². The van der Waals surface area contributed by atoms with Gasteiger partial charge in [-0.05, 0) is 30.5 Å². The zero-order valence-corrected chi connectivity index (χ0v) is 17.8. The van der Waals surface area contributed by atoms with Crippen LogP contribution in [-0.4, -0.2) is 39.6 Å². The number of benzene rings is 2. The third-order valence-electron chi connectivity index (χ3n) is 4.58. The number of esters is 2. The highest BCUT2D eigenvalue weighted by atomic mass is 16.6. The van der Waals surface area contributed by atoms with Gasteiger partial charge in [-0.3, -0.25) is 20.2 Å². The lowest BCUT2D eigenvalue weighted by molar-refractivity contribution is -0.394. The maximum absolute atomic E-state index is 12.5. The molecule has 1 N–H and O–H groups in total. The molecule has 1 atom stereocenters. The molecule has 0 heterocycles. The number of hydrogen-bond acceptors (Lipinski definition) is 9. The number of phenols is 1. The second-order valence-corrected chi connectivity index (χ2v) is 7.05. The van der Waals surface area contributed by atoms with Gasteiger partial charge in [-0.1, -0.05) is 32.1 Å². The number of non-ortho nitro benzene ring substituents is 2. The van der Waals surface area contributed by atoms with Crippen molar-refractivity contribution in [3.63, 3.8) is 0 Å². The molecular formula is C22H22N2O9. The van der Waals surface area contributed by atoms with E-state index in [1.54, 1.807) is 0 Å². The Morgan fingerprint density at radius 1 is 1.03 bits per heavy atom. The van der Waals surface area contributed by atoms with E-state index in [1.165, 1.54) is 24.3 Å². The first-order chi connectivity index (χ1) is 15.6. The van der Waals surface area contributed by atoms with Crippen LogP contribution < -0.4 is 0 Å². The maximum Gasteiger partial charge on any atom is 0.338 e. The number of unbranched alkanes of at least 4 members (excludes halogenated alkanes) is 1. The monoisotopic (exact) mass is 458 g/mol. The van der Waals surface area contributed by atoms with Gasteiger partial charge in [0, 0.05) is 12.1 Å². The fourth-order valence-corrected chi connectivity index (χ4v) is 2.79. The van der Waals surface area contributed by atoms with Crippen molar-refractivity contribution in [1.29, 1.82) is 0 Å². The van der Waals surface area contributed by atoms with Crippen molar-refractivity contribution in [1.82, 2.24) is 0 Å². The molecule has 0 saturated carbocycles. The van der Waals surface area contributed by atoms with Crippen LogP contribution >= 0.6 is 0 Å². The number of nitrogens with zero attached hydrogens (tertiary/aromatic N) is 2. The Kier molecular flexibility index (Phi) is 8.61. The Balaban J connectivity index is 2.11. The third kappa shape index (κ3) is 7.13. The normalized spacial score (nSPS) is 11.3. The van der Waals surface area contributed by atoms with Gasteiger partial charge in [0.25, 0.3) is 11.4 Å². The lowest BCUT2D eigenvalue weighted by Gasteiger charge is -2.18. The number of nitro groups is 2. The third-order valence-corrected chi connectivity index (χ3v) is 4.58. The highest BCUT2D eigenvalue weighted by Crippen LogP contribution is 2.24. The summed E-state index contributed by atoms with van der Waals surface area (Å²) in [5, 5.41) is 31.4. The Morgan fingerprint density at radius 2 is 1.61 bits per heavy atom. The highest BCUT2D eigenvalue weighted by molar-refractivity contribution is 6.15. The van der Waals surface area contributed by atoms with Crippen molar-refractivity contribution in [2.45, 2.75) is 32.3 Å². The van der Waals surface area contributed by atoms with E-state index >= 15 is 0 Å². The van der Waals surface area contributed by atoms with Gasteiger partial charge in [-0.2, -0.15) is 0 Å². The van der Waals surface area contributed by atoms with Crippen LogP contribution in [0.1, 0.15) is 42.1 Å². The molecule has 0 aromatic heterocycles. The van der Waals surface area contributed by atoms with Crippen LogP contribution in [0, 0.1) is 20.2 Å². The van der Waals surface area contributed by atoms with E-state index in [9.17, 15) is 34.9 Å². The molecule has 0 saturated heterocycles. The molecule has 0 radical (unpaired) electrons. The number of aromatic hydroxyl groups is 1. The number of phenolic OH excluding ortho intramolecular Hbond substituents is 1. The molecule has 2 aromatic carbocycles. The fourth-order valence-electron chi connectivity index (χ4n) is 2.79. The summed E-state index contributed by atoms with van der Waals surface area (Å²) in [5.74, 6) is -1.76. The second-order valence-electron chi connectivity index (χ2n) is 7.05. The molecule has 11 nitrogen and oxygen atoms in total. The molecule has 0 aliphatic heterocycles. The number of carbonyl (C=O) groups excluding carboxylic acids is 2. The molecule has 1 unspecified atom stereocenters. The first kappa shape index (κ1) is 25.0. The molecule has 174 valence electrons. The smallest absolute Gasteiger partial charge is 0.338 e. The van der Waals surface area contributed by atoms with Gasteiger partial charge in [0.05, 0.1) is 27.0 Å². The molecule has 2 aromatic rings. The zero-order valence-electron chi connectivity index (χ0n) is 17.8. The van der Waals surface area contributed by atoms with E-state index in [1.807, 2.05) is 6.92 Å². The van der Waals surface area contributed by atoms with E-state index < -0.39 is 39.3 Å². The van der Waals surface area contributed by atoms with Gasteiger partial charge in [-0.25, -0.2) is 9.59 Å². The second kappa shape index (κ2) is 11.4. The predicted molar refractivity (Wildman–Crippen MR) is 117 cm³/mol. The van der Waals surface area contributed by atoms with E-state index in [-0.39, 0.29) is 23.5 Å². The Morgan fingerprint density at radius 3 is 2.12 bits per heavy atom. The van der Waals surface area contributed by atoms with Gasteiger partial charge in [-0.15, -0.1) is 0 Å². The van der Waals surface area contributed by atoms with Crippen molar-refractivity contribution < 1.29 is 34.0 Å². The number of carbonyl (C=O) groups is 2. The molecule has 0 aliphatic rings. The molecule has 0 spiro atoms.